The zero-order valence-corrected chi connectivity index (χ0v) is 15.3. The van der Waals surface area contributed by atoms with E-state index in [4.69, 9.17) is 19.1 Å². The first-order valence-corrected chi connectivity index (χ1v) is 9.24. The molecule has 146 valence electrons. The number of methoxy groups -OCH3 is 1. The van der Waals surface area contributed by atoms with Crippen LogP contribution in [0.1, 0.15) is 5.89 Å². The van der Waals surface area contributed by atoms with Crippen molar-refractivity contribution >= 4 is 15.7 Å². The minimum Gasteiger partial charge on any atom is -0.496 e. The van der Waals surface area contributed by atoms with Crippen molar-refractivity contribution in [2.24, 2.45) is 5.14 Å². The smallest absolute Gasteiger partial charge is 0.312 e. The van der Waals surface area contributed by atoms with Gasteiger partial charge in [0.25, 0.3) is 5.89 Å². The Balaban J connectivity index is 1.82. The van der Waals surface area contributed by atoms with E-state index in [0.29, 0.717) is 11.3 Å². The molecule has 0 fully saturated rings. The van der Waals surface area contributed by atoms with Crippen LogP contribution >= 0.6 is 0 Å². The number of nitrogens with two attached hydrogens (primary N) is 1. The third kappa shape index (κ3) is 4.07. The lowest BCUT2D eigenvalue weighted by Gasteiger charge is -2.05. The Labute approximate surface area is 158 Å². The van der Waals surface area contributed by atoms with Gasteiger partial charge >= 0.3 is 5.69 Å². The molecule has 1 heterocycles. The summed E-state index contributed by atoms with van der Waals surface area (Å²) in [5.41, 5.74) is 0.0412. The van der Waals surface area contributed by atoms with Crippen LogP contribution in [0.5, 0.6) is 11.5 Å². The Kier molecular flexibility index (Phi) is 5.24. The van der Waals surface area contributed by atoms with Crippen LogP contribution in [-0.2, 0) is 16.6 Å². The van der Waals surface area contributed by atoms with Gasteiger partial charge in [0.1, 0.15) is 5.75 Å². The van der Waals surface area contributed by atoms with Gasteiger partial charge in [-0.2, -0.15) is 4.98 Å². The average Bonchev–Trinajstić information content (AvgIpc) is 3.14. The lowest BCUT2D eigenvalue weighted by molar-refractivity contribution is -0.386. The van der Waals surface area contributed by atoms with E-state index in [1.54, 1.807) is 24.3 Å². The van der Waals surface area contributed by atoms with E-state index in [9.17, 15) is 18.5 Å². The summed E-state index contributed by atoms with van der Waals surface area (Å²) in [5.74, 6) is 0.695. The van der Waals surface area contributed by atoms with Crippen LogP contribution in [-0.4, -0.2) is 30.6 Å². The fraction of sp³-hybridized carbons (Fsp3) is 0.125. The van der Waals surface area contributed by atoms with E-state index in [2.05, 4.69) is 10.1 Å². The van der Waals surface area contributed by atoms with Gasteiger partial charge in [-0.25, -0.2) is 13.6 Å². The SMILES string of the molecule is COc1ccccc1-c1noc(COc2ccc(S(N)(=O)=O)cc2[N+](=O)[O-])n1. The van der Waals surface area contributed by atoms with Crippen molar-refractivity contribution in [2.45, 2.75) is 11.5 Å². The van der Waals surface area contributed by atoms with Crippen LogP contribution in [0.25, 0.3) is 11.4 Å². The van der Waals surface area contributed by atoms with E-state index in [1.165, 1.54) is 7.11 Å². The third-order valence-corrected chi connectivity index (χ3v) is 4.53. The van der Waals surface area contributed by atoms with Crippen LogP contribution in [0.15, 0.2) is 51.9 Å². The van der Waals surface area contributed by atoms with E-state index in [0.717, 1.165) is 18.2 Å². The first-order chi connectivity index (χ1) is 13.3. The predicted octanol–water partition coefficient (Wildman–Crippen LogP) is 1.88. The molecule has 0 aliphatic carbocycles. The van der Waals surface area contributed by atoms with Gasteiger partial charge in [-0.1, -0.05) is 17.3 Å². The molecule has 2 N–H and O–H groups in total. The Morgan fingerprint density at radius 3 is 2.64 bits per heavy atom. The maximum atomic E-state index is 11.4. The van der Waals surface area contributed by atoms with Crippen LogP contribution in [0.4, 0.5) is 5.69 Å². The molecule has 0 aliphatic heterocycles. The van der Waals surface area contributed by atoms with Gasteiger partial charge in [-0.15, -0.1) is 0 Å². The number of para-hydroxylation sites is 1. The Morgan fingerprint density at radius 1 is 1.21 bits per heavy atom. The number of sulfonamides is 1. The molecule has 1 aromatic heterocycles. The van der Waals surface area contributed by atoms with Crippen molar-refractivity contribution in [3.8, 4) is 22.9 Å². The van der Waals surface area contributed by atoms with E-state index in [1.807, 2.05) is 0 Å². The molecule has 12 heteroatoms. The summed E-state index contributed by atoms with van der Waals surface area (Å²) in [6, 6.07) is 10.1. The number of ether oxygens (including phenoxy) is 2. The third-order valence-electron chi connectivity index (χ3n) is 3.62. The fourth-order valence-corrected chi connectivity index (χ4v) is 2.86. The van der Waals surface area contributed by atoms with Gasteiger partial charge in [0.05, 0.1) is 22.5 Å². The molecule has 11 nitrogen and oxygen atoms in total. The molecule has 28 heavy (non-hydrogen) atoms. The lowest BCUT2D eigenvalue weighted by Crippen LogP contribution is -2.12. The van der Waals surface area contributed by atoms with Crippen molar-refractivity contribution in [3.63, 3.8) is 0 Å². The molecule has 0 amide bonds. The molecular formula is C16H14N4O7S. The fourth-order valence-electron chi connectivity index (χ4n) is 2.33. The number of hydrogen-bond donors (Lipinski definition) is 1. The number of nitro benzene ring substituents is 1. The molecule has 0 unspecified atom stereocenters. The summed E-state index contributed by atoms with van der Waals surface area (Å²) in [5, 5.41) is 20.0. The van der Waals surface area contributed by atoms with Crippen molar-refractivity contribution in [1.82, 2.24) is 10.1 Å². The molecule has 0 saturated heterocycles. The van der Waals surface area contributed by atoms with E-state index >= 15 is 0 Å². The molecule has 0 aliphatic rings. The normalized spacial score (nSPS) is 11.2. The van der Waals surface area contributed by atoms with E-state index in [-0.39, 0.29) is 24.1 Å². The topological polar surface area (TPSA) is 161 Å². The standard InChI is InChI=1S/C16H14N4O7S/c1-25-13-5-3-2-4-11(13)16-18-15(27-19-16)9-26-14-7-6-10(28(17,23)24)8-12(14)20(21)22/h2-8H,9H2,1H3,(H2,17,23,24). The summed E-state index contributed by atoms with van der Waals surface area (Å²) in [6.07, 6.45) is 0. The molecular weight excluding hydrogens is 392 g/mol. The van der Waals surface area contributed by atoms with Crippen molar-refractivity contribution in [1.29, 1.82) is 0 Å². The largest absolute Gasteiger partial charge is 0.496 e. The quantitative estimate of drug-likeness (QED) is 0.456. The van der Waals surface area contributed by atoms with Crippen molar-refractivity contribution in [2.75, 3.05) is 7.11 Å². The number of nitrogens with zero attached hydrogens (tertiary/aromatic N) is 3. The predicted molar refractivity (Wildman–Crippen MR) is 95.1 cm³/mol. The van der Waals surface area contributed by atoms with Gasteiger partial charge in [0.2, 0.25) is 15.8 Å². The maximum Gasteiger partial charge on any atom is 0.312 e. The van der Waals surface area contributed by atoms with Gasteiger partial charge in [-0.3, -0.25) is 10.1 Å². The molecule has 3 aromatic rings. The lowest BCUT2D eigenvalue weighted by atomic mass is 10.2. The second-order valence-corrected chi connectivity index (χ2v) is 6.99. The number of benzene rings is 2. The Bertz CT molecular complexity index is 1130. The average molecular weight is 406 g/mol. The highest BCUT2D eigenvalue weighted by molar-refractivity contribution is 7.89. The summed E-state index contributed by atoms with van der Waals surface area (Å²) in [7, 11) is -2.58. The van der Waals surface area contributed by atoms with Gasteiger partial charge in [-0.05, 0) is 24.3 Å². The zero-order chi connectivity index (χ0) is 20.3. The van der Waals surface area contributed by atoms with Gasteiger partial charge in [0, 0.05) is 6.07 Å². The van der Waals surface area contributed by atoms with Crippen molar-refractivity contribution in [3.05, 3.63) is 58.5 Å². The summed E-state index contributed by atoms with van der Waals surface area (Å²) >= 11 is 0. The Hall–Kier alpha value is -3.51. The van der Waals surface area contributed by atoms with Crippen LogP contribution in [0, 0.1) is 10.1 Å². The zero-order valence-electron chi connectivity index (χ0n) is 14.4. The Morgan fingerprint density at radius 2 is 1.96 bits per heavy atom. The molecule has 3 rings (SSSR count). The first kappa shape index (κ1) is 19.3. The molecule has 0 bridgehead atoms. The summed E-state index contributed by atoms with van der Waals surface area (Å²) in [4.78, 5) is 14.2. The minimum atomic E-state index is -4.09. The molecule has 2 aromatic carbocycles. The van der Waals surface area contributed by atoms with Crippen LogP contribution in [0.3, 0.4) is 0 Å². The summed E-state index contributed by atoms with van der Waals surface area (Å²) in [6.45, 7) is -0.266. The molecule has 0 saturated carbocycles. The number of hydrogen-bond acceptors (Lipinski definition) is 9. The van der Waals surface area contributed by atoms with Crippen LogP contribution in [0.2, 0.25) is 0 Å². The second kappa shape index (κ2) is 7.62. The van der Waals surface area contributed by atoms with Crippen LogP contribution < -0.4 is 14.6 Å². The number of rotatable bonds is 7. The van der Waals surface area contributed by atoms with E-state index < -0.39 is 25.5 Å². The highest BCUT2D eigenvalue weighted by Gasteiger charge is 2.21. The first-order valence-electron chi connectivity index (χ1n) is 7.69. The number of nitro groups is 1. The number of aromatic nitrogens is 2. The second-order valence-electron chi connectivity index (χ2n) is 5.43. The minimum absolute atomic E-state index is 0.0609. The summed E-state index contributed by atoms with van der Waals surface area (Å²) < 4.78 is 38.4. The molecule has 0 spiro atoms. The van der Waals surface area contributed by atoms with Crippen molar-refractivity contribution < 1.29 is 27.3 Å². The number of primary sulfonamides is 1. The highest BCUT2D eigenvalue weighted by Crippen LogP contribution is 2.31. The van der Waals surface area contributed by atoms with Gasteiger partial charge < -0.3 is 14.0 Å². The van der Waals surface area contributed by atoms with Gasteiger partial charge in [0.15, 0.2) is 12.4 Å². The monoisotopic (exact) mass is 406 g/mol. The maximum absolute atomic E-state index is 11.4. The molecule has 0 atom stereocenters. The highest BCUT2D eigenvalue weighted by atomic mass is 32.2. The molecule has 0 radical (unpaired) electrons.